The van der Waals surface area contributed by atoms with Crippen molar-refractivity contribution in [3.05, 3.63) is 217 Å². The number of allylic oxidation sites excluding steroid dienone is 4. The minimum Gasteiger partial charge on any atom is -0.309 e. The molecule has 10 aromatic rings. The Bertz CT molecular complexity index is 3360. The molecule has 0 saturated heterocycles. The first-order valence-corrected chi connectivity index (χ1v) is 21.2. The van der Waals surface area contributed by atoms with Crippen LogP contribution in [-0.2, 0) is 5.41 Å². The van der Waals surface area contributed by atoms with E-state index < -0.39 is 0 Å². The molecule has 3 heteroatoms. The quantitative estimate of drug-likeness (QED) is 0.170. The van der Waals surface area contributed by atoms with Crippen LogP contribution in [0.25, 0.3) is 71.7 Å². The zero-order chi connectivity index (χ0) is 40.0. The molecule has 8 aromatic carbocycles. The molecule has 0 saturated carbocycles. The third-order valence-corrected chi connectivity index (χ3v) is 13.1. The van der Waals surface area contributed by atoms with Gasteiger partial charge in [-0.1, -0.05) is 147 Å². The number of benzene rings is 8. The molecular formula is C57H43N3. The first-order valence-electron chi connectivity index (χ1n) is 21.2. The average Bonchev–Trinajstić information content (AvgIpc) is 3.83. The van der Waals surface area contributed by atoms with Gasteiger partial charge in [0.1, 0.15) is 0 Å². The molecule has 0 atom stereocenters. The van der Waals surface area contributed by atoms with Crippen LogP contribution in [0.5, 0.6) is 0 Å². The van der Waals surface area contributed by atoms with Crippen molar-refractivity contribution in [2.45, 2.75) is 32.1 Å². The first-order chi connectivity index (χ1) is 29.6. The van der Waals surface area contributed by atoms with E-state index >= 15 is 0 Å². The maximum absolute atomic E-state index is 2.56. The van der Waals surface area contributed by atoms with E-state index in [1.807, 2.05) is 0 Å². The maximum Gasteiger partial charge on any atom is 0.0602 e. The van der Waals surface area contributed by atoms with Gasteiger partial charge in [-0.15, -0.1) is 0 Å². The maximum atomic E-state index is 2.56. The van der Waals surface area contributed by atoms with Crippen LogP contribution >= 0.6 is 0 Å². The Hall–Kier alpha value is -7.36. The molecule has 60 heavy (non-hydrogen) atoms. The molecular weight excluding hydrogens is 727 g/mol. The van der Waals surface area contributed by atoms with Gasteiger partial charge in [0.15, 0.2) is 0 Å². The van der Waals surface area contributed by atoms with Crippen LogP contribution in [0, 0.1) is 0 Å². The summed E-state index contributed by atoms with van der Waals surface area (Å²) in [7, 11) is 0. The highest BCUT2D eigenvalue weighted by Gasteiger charge is 2.41. The van der Waals surface area contributed by atoms with Crippen LogP contribution in [0.15, 0.2) is 200 Å². The van der Waals surface area contributed by atoms with Crippen LogP contribution in [0.4, 0.5) is 17.1 Å². The molecule has 0 amide bonds. The Morgan fingerprint density at radius 1 is 0.450 bits per heavy atom. The zero-order valence-corrected chi connectivity index (χ0v) is 33.8. The molecule has 1 aliphatic carbocycles. The second kappa shape index (κ2) is 13.3. The fourth-order valence-electron chi connectivity index (χ4n) is 10.4. The van der Waals surface area contributed by atoms with Crippen LogP contribution in [0.2, 0.25) is 0 Å². The van der Waals surface area contributed by atoms with E-state index in [1.165, 1.54) is 94.1 Å². The van der Waals surface area contributed by atoms with E-state index in [0.29, 0.717) is 0 Å². The van der Waals surface area contributed by atoms with Crippen molar-refractivity contribution < 1.29 is 0 Å². The second-order valence-electron chi connectivity index (χ2n) is 16.8. The van der Waals surface area contributed by atoms with E-state index in [1.54, 1.807) is 0 Å². The van der Waals surface area contributed by atoms with Crippen LogP contribution in [0.1, 0.15) is 43.4 Å². The Kier molecular flexibility index (Phi) is 7.71. The van der Waals surface area contributed by atoms with Crippen molar-refractivity contribution in [1.29, 1.82) is 0 Å². The summed E-state index contributed by atoms with van der Waals surface area (Å²) in [4.78, 5) is 2.56. The third-order valence-electron chi connectivity index (χ3n) is 13.1. The molecule has 1 aliphatic heterocycles. The minimum absolute atomic E-state index is 0.343. The van der Waals surface area contributed by atoms with Crippen molar-refractivity contribution >= 4 is 66.2 Å². The topological polar surface area (TPSA) is 13.1 Å². The van der Waals surface area contributed by atoms with Crippen molar-refractivity contribution in [3.63, 3.8) is 0 Å². The summed E-state index contributed by atoms with van der Waals surface area (Å²) in [5, 5.41) is 5.10. The number of anilines is 3. The van der Waals surface area contributed by atoms with E-state index in [-0.39, 0.29) is 5.41 Å². The first kappa shape index (κ1) is 34.7. The van der Waals surface area contributed by atoms with Gasteiger partial charge in [0.25, 0.3) is 0 Å². The molecule has 3 nitrogen and oxygen atoms in total. The van der Waals surface area contributed by atoms with Crippen molar-refractivity contribution in [2.24, 2.45) is 0 Å². The third kappa shape index (κ3) is 5.09. The van der Waals surface area contributed by atoms with Gasteiger partial charge in [-0.2, -0.15) is 0 Å². The summed E-state index contributed by atoms with van der Waals surface area (Å²) >= 11 is 0. The fourth-order valence-corrected chi connectivity index (χ4v) is 10.4. The number of rotatable bonds is 5. The number of aromatic nitrogens is 2. The summed E-state index contributed by atoms with van der Waals surface area (Å²) in [6.07, 6.45) is 8.89. The summed E-state index contributed by atoms with van der Waals surface area (Å²) in [6, 6.07) is 67.3. The van der Waals surface area contributed by atoms with Crippen molar-refractivity contribution in [2.75, 3.05) is 4.90 Å². The smallest absolute Gasteiger partial charge is 0.0602 e. The Morgan fingerprint density at radius 3 is 1.65 bits per heavy atom. The highest BCUT2D eigenvalue weighted by Crippen LogP contribution is 2.58. The van der Waals surface area contributed by atoms with Crippen molar-refractivity contribution in [1.82, 2.24) is 9.13 Å². The Morgan fingerprint density at radius 2 is 1.00 bits per heavy atom. The standard InChI is InChI=1S/C57H43N3/c1-57(2)47-34-35-51-54(46-23-13-15-25-49(46)59(51)44-32-28-41(29-33-44)39-18-8-4-9-19-39)56(47)60(42-20-10-5-11-21-42)52-37-36-50-53(55(52)57)45-22-12-14-24-48(45)58(50)43-30-26-40(27-31-43)38-16-6-3-7-17-38/h3-6,8-16,18-37H,7,17H2,1-2H3. The molecule has 0 bridgehead atoms. The number of hydrogen-bond donors (Lipinski definition) is 0. The van der Waals surface area contributed by atoms with Gasteiger partial charge in [0.2, 0.25) is 0 Å². The normalized spacial score (nSPS) is 14.5. The lowest BCUT2D eigenvalue weighted by molar-refractivity contribution is 0.639. The molecule has 0 unspecified atom stereocenters. The monoisotopic (exact) mass is 769 g/mol. The Balaban J connectivity index is 1.11. The lowest BCUT2D eigenvalue weighted by Crippen LogP contribution is -2.31. The molecule has 2 aliphatic rings. The van der Waals surface area contributed by atoms with E-state index in [2.05, 4.69) is 228 Å². The summed E-state index contributed by atoms with van der Waals surface area (Å²) in [5.41, 5.74) is 18.3. The molecule has 2 aromatic heterocycles. The molecule has 0 N–H and O–H groups in total. The molecule has 0 spiro atoms. The van der Waals surface area contributed by atoms with E-state index in [4.69, 9.17) is 0 Å². The highest BCUT2D eigenvalue weighted by atomic mass is 15.2. The van der Waals surface area contributed by atoms with Gasteiger partial charge in [-0.05, 0) is 113 Å². The van der Waals surface area contributed by atoms with Gasteiger partial charge in [-0.3, -0.25) is 0 Å². The number of fused-ring (bicyclic) bond motifs is 10. The molecule has 0 radical (unpaired) electrons. The largest absolute Gasteiger partial charge is 0.309 e. The van der Waals surface area contributed by atoms with E-state index in [9.17, 15) is 0 Å². The highest BCUT2D eigenvalue weighted by molar-refractivity contribution is 6.20. The van der Waals surface area contributed by atoms with Crippen LogP contribution in [0.3, 0.4) is 0 Å². The number of para-hydroxylation sites is 3. The Labute approximate surface area is 350 Å². The van der Waals surface area contributed by atoms with Gasteiger partial charge in [0.05, 0.1) is 33.4 Å². The molecule has 286 valence electrons. The fraction of sp³-hybridized carbons (Fsp3) is 0.0877. The predicted octanol–water partition coefficient (Wildman–Crippen LogP) is 15.4. The summed E-state index contributed by atoms with van der Waals surface area (Å²) in [6.45, 7) is 4.88. The molecule has 12 rings (SSSR count). The lowest BCUT2D eigenvalue weighted by atomic mass is 9.71. The van der Waals surface area contributed by atoms with Crippen LogP contribution in [-0.4, -0.2) is 9.13 Å². The SMILES string of the molecule is CC1(C)c2ccc3c(c2N(c2ccccc2)c2ccc4c(c21)c1ccccc1n4-c1ccc(C2=CC=CCC2)cc1)c1ccccc1n3-c1ccc(-c2ccccc2)cc1. The summed E-state index contributed by atoms with van der Waals surface area (Å²) < 4.78 is 4.93. The van der Waals surface area contributed by atoms with Gasteiger partial charge in [-0.25, -0.2) is 0 Å². The number of nitrogens with zero attached hydrogens (tertiary/aromatic N) is 3. The summed E-state index contributed by atoms with van der Waals surface area (Å²) in [5.74, 6) is 0. The lowest BCUT2D eigenvalue weighted by Gasteiger charge is -2.43. The second-order valence-corrected chi connectivity index (χ2v) is 16.8. The predicted molar refractivity (Wildman–Crippen MR) is 254 cm³/mol. The van der Waals surface area contributed by atoms with Gasteiger partial charge >= 0.3 is 0 Å². The zero-order valence-electron chi connectivity index (χ0n) is 33.8. The molecule has 0 fully saturated rings. The van der Waals surface area contributed by atoms with Crippen LogP contribution < -0.4 is 4.90 Å². The van der Waals surface area contributed by atoms with Gasteiger partial charge < -0.3 is 14.0 Å². The van der Waals surface area contributed by atoms with Gasteiger partial charge in [0, 0.05) is 44.0 Å². The van der Waals surface area contributed by atoms with Crippen molar-refractivity contribution in [3.8, 4) is 22.5 Å². The van der Waals surface area contributed by atoms with E-state index in [0.717, 1.165) is 24.2 Å². The minimum atomic E-state index is -0.343. The average molecular weight is 770 g/mol. The molecule has 3 heterocycles. The number of hydrogen-bond acceptors (Lipinski definition) is 1.